The van der Waals surface area contributed by atoms with E-state index in [2.05, 4.69) is 5.32 Å². The van der Waals surface area contributed by atoms with E-state index in [1.165, 1.54) is 0 Å². The Balaban J connectivity index is 2.22. The van der Waals surface area contributed by atoms with Crippen LogP contribution in [-0.4, -0.2) is 27.1 Å². The molecular weight excluding hydrogens is 371 g/mol. The van der Waals surface area contributed by atoms with Gasteiger partial charge in [-0.15, -0.1) is 0 Å². The fraction of sp³-hybridized carbons (Fsp3) is 0.188. The number of nitrogens with zero attached hydrogens (tertiary/aromatic N) is 1. The van der Waals surface area contributed by atoms with Crippen LogP contribution in [0, 0.1) is 6.92 Å². The smallest absolute Gasteiger partial charge is 0.245 e. The van der Waals surface area contributed by atoms with Gasteiger partial charge in [-0.05, 0) is 48.9 Å². The van der Waals surface area contributed by atoms with Gasteiger partial charge in [0.15, 0.2) is 0 Å². The van der Waals surface area contributed by atoms with Crippen molar-refractivity contribution in [2.24, 2.45) is 0 Å². The molecule has 5 nitrogen and oxygen atoms in total. The molecule has 0 saturated heterocycles. The molecule has 1 amide bonds. The van der Waals surface area contributed by atoms with Crippen LogP contribution in [0.2, 0.25) is 10.0 Å². The Bertz CT molecular complexity index is 852. The topological polar surface area (TPSA) is 66.5 Å². The maximum absolute atomic E-state index is 12.3. The zero-order valence-corrected chi connectivity index (χ0v) is 15.4. The summed E-state index contributed by atoms with van der Waals surface area (Å²) < 4.78 is 25.0. The first kappa shape index (κ1) is 18.6. The lowest BCUT2D eigenvalue weighted by molar-refractivity contribution is -0.114. The molecule has 2 aromatic rings. The van der Waals surface area contributed by atoms with E-state index in [-0.39, 0.29) is 6.54 Å². The highest BCUT2D eigenvalue weighted by molar-refractivity contribution is 7.92. The molecule has 0 spiro atoms. The van der Waals surface area contributed by atoms with Gasteiger partial charge in [-0.25, -0.2) is 8.42 Å². The second-order valence-corrected chi connectivity index (χ2v) is 8.03. The molecule has 128 valence electrons. The average Bonchev–Trinajstić information content (AvgIpc) is 2.48. The molecular formula is C16H16Cl2N2O3S. The van der Waals surface area contributed by atoms with Crippen LogP contribution in [0.25, 0.3) is 0 Å². The number of carbonyl (C=O) groups is 1. The van der Waals surface area contributed by atoms with Crippen LogP contribution >= 0.6 is 23.2 Å². The first-order valence-corrected chi connectivity index (χ1v) is 9.56. The van der Waals surface area contributed by atoms with Crippen molar-refractivity contribution >= 4 is 50.5 Å². The van der Waals surface area contributed by atoms with Gasteiger partial charge in [0.2, 0.25) is 15.9 Å². The summed E-state index contributed by atoms with van der Waals surface area (Å²) in [6.07, 6.45) is 1.04. The molecule has 24 heavy (non-hydrogen) atoms. The van der Waals surface area contributed by atoms with Gasteiger partial charge in [0.1, 0.15) is 6.54 Å². The maximum Gasteiger partial charge on any atom is 0.245 e. The van der Waals surface area contributed by atoms with Crippen molar-refractivity contribution in [2.45, 2.75) is 6.92 Å². The molecule has 0 fully saturated rings. The molecule has 0 aliphatic carbocycles. The highest BCUT2D eigenvalue weighted by Crippen LogP contribution is 2.22. The van der Waals surface area contributed by atoms with E-state index in [0.717, 1.165) is 16.1 Å². The lowest BCUT2D eigenvalue weighted by atomic mass is 10.2. The third-order valence-electron chi connectivity index (χ3n) is 3.28. The largest absolute Gasteiger partial charge is 0.324 e. The Kier molecular flexibility index (Phi) is 5.74. The maximum atomic E-state index is 12.3. The number of nitrogens with one attached hydrogen (secondary N) is 1. The van der Waals surface area contributed by atoms with E-state index in [4.69, 9.17) is 23.2 Å². The Hall–Kier alpha value is -1.76. The lowest BCUT2D eigenvalue weighted by Crippen LogP contribution is -2.37. The molecule has 2 rings (SSSR count). The minimum absolute atomic E-state index is 0.355. The predicted molar refractivity (Wildman–Crippen MR) is 98.5 cm³/mol. The molecule has 1 N–H and O–H groups in total. The summed E-state index contributed by atoms with van der Waals surface area (Å²) in [6, 6.07) is 11.3. The van der Waals surface area contributed by atoms with Crippen molar-refractivity contribution in [1.29, 1.82) is 0 Å². The molecule has 0 aromatic heterocycles. The van der Waals surface area contributed by atoms with E-state index >= 15 is 0 Å². The second-order valence-electron chi connectivity index (χ2n) is 5.25. The zero-order chi connectivity index (χ0) is 17.9. The number of rotatable bonds is 5. The summed E-state index contributed by atoms with van der Waals surface area (Å²) in [6.45, 7) is 1.46. The molecule has 0 aliphatic heterocycles. The fourth-order valence-electron chi connectivity index (χ4n) is 2.06. The number of anilines is 2. The van der Waals surface area contributed by atoms with Crippen molar-refractivity contribution in [3.8, 4) is 0 Å². The third kappa shape index (κ3) is 4.87. The Labute approximate surface area is 151 Å². The summed E-state index contributed by atoms with van der Waals surface area (Å²) in [5.74, 6) is -0.472. The van der Waals surface area contributed by atoms with E-state index in [0.29, 0.717) is 21.4 Å². The number of carbonyl (C=O) groups excluding carboxylic acids is 1. The minimum Gasteiger partial charge on any atom is -0.324 e. The zero-order valence-electron chi connectivity index (χ0n) is 13.1. The van der Waals surface area contributed by atoms with Crippen molar-refractivity contribution in [1.82, 2.24) is 0 Å². The van der Waals surface area contributed by atoms with Crippen LogP contribution in [0.15, 0.2) is 42.5 Å². The quantitative estimate of drug-likeness (QED) is 0.851. The molecule has 0 radical (unpaired) electrons. The molecule has 0 aliphatic rings. The van der Waals surface area contributed by atoms with E-state index in [1.807, 2.05) is 6.92 Å². The molecule has 8 heteroatoms. The number of hydrogen-bond acceptors (Lipinski definition) is 3. The summed E-state index contributed by atoms with van der Waals surface area (Å²) >= 11 is 11.7. The van der Waals surface area contributed by atoms with Crippen LogP contribution in [0.3, 0.4) is 0 Å². The molecule has 0 heterocycles. The normalized spacial score (nSPS) is 11.2. The van der Waals surface area contributed by atoms with Gasteiger partial charge in [0.25, 0.3) is 0 Å². The van der Waals surface area contributed by atoms with Crippen molar-refractivity contribution < 1.29 is 13.2 Å². The number of hydrogen-bond donors (Lipinski definition) is 1. The summed E-state index contributed by atoms with van der Waals surface area (Å²) in [5.41, 5.74) is 1.72. The molecule has 0 atom stereocenters. The first-order valence-electron chi connectivity index (χ1n) is 6.96. The van der Waals surface area contributed by atoms with E-state index in [9.17, 15) is 13.2 Å². The second kappa shape index (κ2) is 7.42. The molecule has 2 aromatic carbocycles. The minimum atomic E-state index is -3.63. The highest BCUT2D eigenvalue weighted by Gasteiger charge is 2.21. The lowest BCUT2D eigenvalue weighted by Gasteiger charge is -2.22. The van der Waals surface area contributed by atoms with Crippen LogP contribution < -0.4 is 9.62 Å². The van der Waals surface area contributed by atoms with Crippen molar-refractivity contribution in [3.05, 3.63) is 58.1 Å². The fourth-order valence-corrected chi connectivity index (χ4v) is 3.21. The SMILES string of the molecule is Cc1ccc(Cl)cc1NC(=O)CN(c1ccc(Cl)cc1)S(C)(=O)=O. The highest BCUT2D eigenvalue weighted by atomic mass is 35.5. The van der Waals surface area contributed by atoms with Crippen LogP contribution in [0.1, 0.15) is 5.56 Å². The van der Waals surface area contributed by atoms with Gasteiger partial charge < -0.3 is 5.32 Å². The summed E-state index contributed by atoms with van der Waals surface area (Å²) in [5, 5.41) is 3.64. The van der Waals surface area contributed by atoms with E-state index in [1.54, 1.807) is 42.5 Å². The van der Waals surface area contributed by atoms with Crippen LogP contribution in [-0.2, 0) is 14.8 Å². The number of benzene rings is 2. The van der Waals surface area contributed by atoms with Crippen molar-refractivity contribution in [3.63, 3.8) is 0 Å². The Morgan fingerprint density at radius 3 is 2.25 bits per heavy atom. The number of amides is 1. The number of aryl methyl sites for hydroxylation is 1. The van der Waals surface area contributed by atoms with Gasteiger partial charge in [-0.3, -0.25) is 9.10 Å². The van der Waals surface area contributed by atoms with Gasteiger partial charge in [-0.2, -0.15) is 0 Å². The standard InChI is InChI=1S/C16H16Cl2N2O3S/c1-11-3-4-13(18)9-15(11)19-16(21)10-20(24(2,22)23)14-7-5-12(17)6-8-14/h3-9H,10H2,1-2H3,(H,19,21). The van der Waals surface area contributed by atoms with Crippen LogP contribution in [0.4, 0.5) is 11.4 Å². The van der Waals surface area contributed by atoms with Gasteiger partial charge >= 0.3 is 0 Å². The molecule has 0 saturated carbocycles. The molecule has 0 bridgehead atoms. The average molecular weight is 387 g/mol. The van der Waals surface area contributed by atoms with Crippen LogP contribution in [0.5, 0.6) is 0 Å². The van der Waals surface area contributed by atoms with Gasteiger partial charge in [0.05, 0.1) is 11.9 Å². The molecule has 0 unspecified atom stereocenters. The first-order chi connectivity index (χ1) is 11.2. The summed E-state index contributed by atoms with van der Waals surface area (Å²) in [4.78, 5) is 12.3. The number of sulfonamides is 1. The summed E-state index contributed by atoms with van der Waals surface area (Å²) in [7, 11) is -3.63. The Morgan fingerprint density at radius 2 is 1.67 bits per heavy atom. The predicted octanol–water partition coefficient (Wildman–Crippen LogP) is 3.71. The third-order valence-corrected chi connectivity index (χ3v) is 4.90. The number of halogens is 2. The van der Waals surface area contributed by atoms with Gasteiger partial charge in [-0.1, -0.05) is 29.3 Å². The van der Waals surface area contributed by atoms with Gasteiger partial charge in [0, 0.05) is 15.7 Å². The Morgan fingerprint density at radius 1 is 1.08 bits per heavy atom. The van der Waals surface area contributed by atoms with Crippen molar-refractivity contribution in [2.75, 3.05) is 22.4 Å². The monoisotopic (exact) mass is 386 g/mol. The van der Waals surface area contributed by atoms with E-state index < -0.39 is 15.9 Å².